The molecule has 0 aromatic carbocycles. The lowest BCUT2D eigenvalue weighted by molar-refractivity contribution is -0.279. The summed E-state index contributed by atoms with van der Waals surface area (Å²) in [6.07, 6.45) is -9.96. The van der Waals surface area contributed by atoms with Gasteiger partial charge in [0, 0.05) is 6.42 Å². The lowest BCUT2D eigenvalue weighted by Gasteiger charge is -2.42. The number of aliphatic hydroxyl groups is 2. The highest BCUT2D eigenvalue weighted by atomic mass is 32.3. The van der Waals surface area contributed by atoms with E-state index in [-0.39, 0.29) is 0 Å². The molecule has 20 heteroatoms. The van der Waals surface area contributed by atoms with Gasteiger partial charge in [0.25, 0.3) is 0 Å². The van der Waals surface area contributed by atoms with Crippen LogP contribution in [0.4, 0.5) is 0 Å². The van der Waals surface area contributed by atoms with Crippen molar-refractivity contribution in [3.8, 4) is 0 Å². The normalized spacial score (nSPS) is 35.7. The van der Waals surface area contributed by atoms with Crippen LogP contribution in [-0.2, 0) is 53.7 Å². The first-order valence-electron chi connectivity index (χ1n) is 8.31. The van der Waals surface area contributed by atoms with E-state index in [1.165, 1.54) is 0 Å². The van der Waals surface area contributed by atoms with E-state index in [0.29, 0.717) is 0 Å². The molecule has 31 heavy (non-hydrogen) atoms. The predicted molar refractivity (Wildman–Crippen MR) is 93.4 cm³/mol. The van der Waals surface area contributed by atoms with Gasteiger partial charge in [0.15, 0.2) is 6.29 Å². The molecule has 2 fully saturated rings. The summed E-state index contributed by atoms with van der Waals surface area (Å²) >= 11 is 0. The van der Waals surface area contributed by atoms with Crippen molar-refractivity contribution in [3.05, 3.63) is 0 Å². The summed E-state index contributed by atoms with van der Waals surface area (Å²) in [6, 6.07) is -1.67. The second kappa shape index (κ2) is 10.1. The quantitative estimate of drug-likeness (QED) is 0.158. The maximum atomic E-state index is 11.2. The highest BCUT2D eigenvalue weighted by molar-refractivity contribution is 7.83. The first-order chi connectivity index (χ1) is 14.0. The number of hydrogen-bond donors (Lipinski definition) is 6. The van der Waals surface area contributed by atoms with Crippen molar-refractivity contribution in [1.29, 1.82) is 0 Å². The molecule has 0 aliphatic carbocycles. The minimum Gasteiger partial charge on any atom is -0.391 e. The van der Waals surface area contributed by atoms with E-state index >= 15 is 0 Å². The van der Waals surface area contributed by atoms with E-state index in [1.807, 2.05) is 0 Å². The van der Waals surface area contributed by atoms with E-state index in [4.69, 9.17) is 27.9 Å². The smallest absolute Gasteiger partial charge is 0.391 e. The third-order valence-electron chi connectivity index (χ3n) is 4.11. The van der Waals surface area contributed by atoms with Crippen LogP contribution < -0.4 is 4.72 Å². The van der Waals surface area contributed by atoms with Gasteiger partial charge in [0.1, 0.15) is 24.4 Å². The van der Waals surface area contributed by atoms with Crippen molar-refractivity contribution < 1.29 is 71.7 Å². The second-order valence-corrected chi connectivity index (χ2v) is 9.85. The van der Waals surface area contributed by atoms with Gasteiger partial charge in [-0.2, -0.15) is 30.0 Å². The second-order valence-electron chi connectivity index (χ2n) is 6.53. The van der Waals surface area contributed by atoms with Gasteiger partial charge in [-0.15, -0.1) is 0 Å². The van der Waals surface area contributed by atoms with E-state index in [0.717, 1.165) is 0 Å². The summed E-state index contributed by atoms with van der Waals surface area (Å²) in [4.78, 5) is 0. The van der Waals surface area contributed by atoms with Crippen LogP contribution >= 0.6 is 0 Å². The summed E-state index contributed by atoms with van der Waals surface area (Å²) in [5, 5.41) is 20.4. The third-order valence-corrected chi connectivity index (χ3v) is 5.60. The molecule has 0 aromatic rings. The molecule has 2 saturated heterocycles. The van der Waals surface area contributed by atoms with Crippen molar-refractivity contribution in [2.75, 3.05) is 19.8 Å². The Hall–Kier alpha value is -0.590. The average Bonchev–Trinajstić information content (AvgIpc) is 2.57. The van der Waals surface area contributed by atoms with Crippen LogP contribution in [0.15, 0.2) is 0 Å². The standard InChI is InChI=1S/C11H21NO16S3/c13-6-1-5(2-25-30(18,19)20)26-11(9(6)12-29(15,16)17)27-7-3-24-4-8(10(7)14)28-31(21,22)23/h5-14H,1-4H2,(H,15,16,17)(H,18,19,20)(H,21,22,23)/t5?,6?,7-,8?,9-,10+,11-/m0/s1. The van der Waals surface area contributed by atoms with Crippen molar-refractivity contribution >= 4 is 31.1 Å². The monoisotopic (exact) mass is 519 g/mol. The zero-order valence-corrected chi connectivity index (χ0v) is 17.8. The molecule has 17 nitrogen and oxygen atoms in total. The highest BCUT2D eigenvalue weighted by Crippen LogP contribution is 2.26. The average molecular weight is 519 g/mol. The minimum absolute atomic E-state index is 0.396. The Bertz CT molecular complexity index is 918. The van der Waals surface area contributed by atoms with Gasteiger partial charge in [-0.25, -0.2) is 8.37 Å². The lowest BCUT2D eigenvalue weighted by Crippen LogP contribution is -2.61. The van der Waals surface area contributed by atoms with Gasteiger partial charge in [-0.3, -0.25) is 13.7 Å². The van der Waals surface area contributed by atoms with Crippen molar-refractivity contribution in [2.45, 2.75) is 49.3 Å². The predicted octanol–water partition coefficient (Wildman–Crippen LogP) is -3.99. The number of hydrogen-bond acceptors (Lipinski definition) is 13. The van der Waals surface area contributed by atoms with Gasteiger partial charge in [-0.1, -0.05) is 0 Å². The molecule has 0 radical (unpaired) electrons. The zero-order chi connectivity index (χ0) is 23.6. The number of ether oxygens (including phenoxy) is 3. The maximum Gasteiger partial charge on any atom is 0.397 e. The van der Waals surface area contributed by atoms with Crippen molar-refractivity contribution in [3.63, 3.8) is 0 Å². The maximum absolute atomic E-state index is 11.2. The Kier molecular flexibility index (Phi) is 8.71. The van der Waals surface area contributed by atoms with Gasteiger partial charge < -0.3 is 24.4 Å². The number of aliphatic hydroxyl groups excluding tert-OH is 2. The Morgan fingerprint density at radius 2 is 1.55 bits per heavy atom. The summed E-state index contributed by atoms with van der Waals surface area (Å²) in [7, 11) is -14.7. The topological polar surface area (TPSA) is 262 Å². The van der Waals surface area contributed by atoms with Crippen molar-refractivity contribution in [1.82, 2.24) is 4.72 Å². The van der Waals surface area contributed by atoms with Crippen LogP contribution in [0.3, 0.4) is 0 Å². The molecule has 6 N–H and O–H groups in total. The molecule has 3 unspecified atom stereocenters. The van der Waals surface area contributed by atoms with E-state index < -0.39 is 100 Å². The molecule has 7 atom stereocenters. The summed E-state index contributed by atoms with van der Waals surface area (Å²) in [5.74, 6) is 0. The third kappa shape index (κ3) is 9.05. The molecular weight excluding hydrogens is 498 g/mol. The van der Waals surface area contributed by atoms with Gasteiger partial charge in [-0.05, 0) is 0 Å². The van der Waals surface area contributed by atoms with Crippen molar-refractivity contribution in [2.24, 2.45) is 0 Å². The molecule has 184 valence electrons. The van der Waals surface area contributed by atoms with Crippen LogP contribution in [-0.4, -0.2) is 112 Å². The number of nitrogens with one attached hydrogen (secondary N) is 1. The first-order valence-corrected chi connectivity index (χ1v) is 12.5. The molecule has 0 bridgehead atoms. The van der Waals surface area contributed by atoms with E-state index in [9.17, 15) is 35.5 Å². The Morgan fingerprint density at radius 3 is 2.10 bits per heavy atom. The van der Waals surface area contributed by atoms with Gasteiger partial charge in [0.2, 0.25) is 0 Å². The molecule has 0 amide bonds. The molecule has 0 saturated carbocycles. The lowest BCUT2D eigenvalue weighted by atomic mass is 10.0. The summed E-state index contributed by atoms with van der Waals surface area (Å²) in [6.45, 7) is -1.67. The molecule has 0 spiro atoms. The zero-order valence-electron chi connectivity index (χ0n) is 15.3. The van der Waals surface area contributed by atoms with E-state index in [2.05, 4.69) is 8.37 Å². The Morgan fingerprint density at radius 1 is 0.935 bits per heavy atom. The van der Waals surface area contributed by atoms with Crippen LogP contribution in [0.2, 0.25) is 0 Å². The van der Waals surface area contributed by atoms with Crippen LogP contribution in [0, 0.1) is 0 Å². The van der Waals surface area contributed by atoms with Crippen LogP contribution in [0.1, 0.15) is 6.42 Å². The number of rotatable bonds is 9. The molecule has 2 aliphatic heterocycles. The summed E-state index contributed by atoms with van der Waals surface area (Å²) < 4.78 is 118. The van der Waals surface area contributed by atoms with Gasteiger partial charge >= 0.3 is 31.1 Å². The Labute approximate surface area is 177 Å². The SMILES string of the molecule is O=S(=O)(O)N[C@H]1C(O)CC(COS(=O)(=O)O)O[C@H]1O[C@H]1COCC(OS(=O)(=O)O)[C@@H]1O. The largest absolute Gasteiger partial charge is 0.397 e. The molecule has 2 rings (SSSR count). The van der Waals surface area contributed by atoms with Crippen LogP contribution in [0.5, 0.6) is 0 Å². The fourth-order valence-electron chi connectivity index (χ4n) is 2.89. The molecule has 2 heterocycles. The first kappa shape index (κ1) is 26.7. The summed E-state index contributed by atoms with van der Waals surface area (Å²) in [5.41, 5.74) is 0. The highest BCUT2D eigenvalue weighted by Gasteiger charge is 2.45. The molecule has 2 aliphatic rings. The molecule has 0 aromatic heterocycles. The fourth-order valence-corrected chi connectivity index (χ4v) is 4.31. The Balaban J connectivity index is 2.17. The van der Waals surface area contributed by atoms with E-state index in [1.54, 1.807) is 4.72 Å². The van der Waals surface area contributed by atoms with Gasteiger partial charge in [0.05, 0.1) is 32.0 Å². The molecular formula is C11H21NO16S3. The fraction of sp³-hybridized carbons (Fsp3) is 1.00. The minimum atomic E-state index is -4.98. The van der Waals surface area contributed by atoms with Crippen LogP contribution in [0.25, 0.3) is 0 Å².